The fourth-order valence-corrected chi connectivity index (χ4v) is 2.53. The molecule has 0 aromatic rings. The summed E-state index contributed by atoms with van der Waals surface area (Å²) >= 11 is 0. The van der Waals surface area contributed by atoms with Crippen molar-refractivity contribution < 1.29 is 14.3 Å². The molecule has 1 heterocycles. The van der Waals surface area contributed by atoms with Gasteiger partial charge in [0.2, 0.25) is 5.91 Å². The van der Waals surface area contributed by atoms with Gasteiger partial charge in [-0.1, -0.05) is 6.92 Å². The lowest BCUT2D eigenvalue weighted by atomic mass is 9.96. The van der Waals surface area contributed by atoms with Crippen molar-refractivity contribution in [3.8, 4) is 0 Å². The van der Waals surface area contributed by atoms with Crippen molar-refractivity contribution in [3.05, 3.63) is 0 Å². The van der Waals surface area contributed by atoms with Crippen molar-refractivity contribution in [2.24, 2.45) is 5.92 Å². The van der Waals surface area contributed by atoms with E-state index in [9.17, 15) is 9.59 Å². The molecule has 5 heteroatoms. The third kappa shape index (κ3) is 6.82. The highest BCUT2D eigenvalue weighted by molar-refractivity contribution is 5.78. The van der Waals surface area contributed by atoms with Crippen LogP contribution in [0.25, 0.3) is 0 Å². The second kappa shape index (κ2) is 6.67. The largest absolute Gasteiger partial charge is 0.444 e. The maximum absolute atomic E-state index is 12.4. The van der Waals surface area contributed by atoms with Gasteiger partial charge in [0.15, 0.2) is 0 Å². The fourth-order valence-electron chi connectivity index (χ4n) is 2.53. The van der Waals surface area contributed by atoms with Gasteiger partial charge in [0.1, 0.15) is 5.60 Å². The maximum Gasteiger partial charge on any atom is 0.408 e. The first-order chi connectivity index (χ1) is 9.48. The van der Waals surface area contributed by atoms with E-state index in [4.69, 9.17) is 4.74 Å². The van der Waals surface area contributed by atoms with Crippen molar-refractivity contribution in [1.29, 1.82) is 0 Å². The molecule has 1 fully saturated rings. The number of amides is 2. The van der Waals surface area contributed by atoms with E-state index in [-0.39, 0.29) is 5.91 Å². The Kier molecular flexibility index (Phi) is 5.65. The summed E-state index contributed by atoms with van der Waals surface area (Å²) in [5.74, 6) is 0.659. The molecule has 122 valence electrons. The molecule has 21 heavy (non-hydrogen) atoms. The van der Waals surface area contributed by atoms with Gasteiger partial charge in [-0.3, -0.25) is 4.79 Å². The number of rotatable bonds is 3. The first-order valence-electron chi connectivity index (χ1n) is 7.77. The van der Waals surface area contributed by atoms with Crippen LogP contribution in [-0.2, 0) is 9.53 Å². The van der Waals surface area contributed by atoms with Crippen LogP contribution in [0, 0.1) is 5.92 Å². The molecule has 1 N–H and O–H groups in total. The Bertz CT molecular complexity index is 385. The number of piperidine rings is 1. The van der Waals surface area contributed by atoms with Crippen LogP contribution in [0.5, 0.6) is 0 Å². The molecular formula is C16H30N2O3. The van der Waals surface area contributed by atoms with Crippen molar-refractivity contribution in [3.63, 3.8) is 0 Å². The number of hydrogen-bond acceptors (Lipinski definition) is 3. The molecule has 0 aliphatic carbocycles. The molecule has 0 aromatic carbocycles. The van der Waals surface area contributed by atoms with Crippen LogP contribution in [0.1, 0.15) is 60.8 Å². The van der Waals surface area contributed by atoms with E-state index in [1.54, 1.807) is 0 Å². The lowest BCUT2D eigenvalue weighted by Crippen LogP contribution is -2.50. The van der Waals surface area contributed by atoms with Gasteiger partial charge in [0.25, 0.3) is 0 Å². The van der Waals surface area contributed by atoms with Crippen molar-refractivity contribution in [2.75, 3.05) is 13.1 Å². The van der Waals surface area contributed by atoms with Gasteiger partial charge in [-0.05, 0) is 53.4 Å². The molecule has 1 rings (SSSR count). The SMILES string of the molecule is CC1CCCN(C(=O)CC(C)(C)NC(=O)OC(C)(C)C)C1. The summed E-state index contributed by atoms with van der Waals surface area (Å²) in [5.41, 5.74) is -1.15. The molecule has 0 aromatic heterocycles. The molecule has 1 aliphatic rings. The van der Waals surface area contributed by atoms with E-state index >= 15 is 0 Å². The molecular weight excluding hydrogens is 268 g/mol. The Morgan fingerprint density at radius 2 is 1.86 bits per heavy atom. The van der Waals surface area contributed by atoms with Crippen LogP contribution in [0.4, 0.5) is 4.79 Å². The molecule has 1 aliphatic heterocycles. The number of nitrogens with zero attached hydrogens (tertiary/aromatic N) is 1. The van der Waals surface area contributed by atoms with Crippen LogP contribution >= 0.6 is 0 Å². The zero-order valence-corrected chi connectivity index (χ0v) is 14.3. The number of carbonyl (C=O) groups is 2. The highest BCUT2D eigenvalue weighted by Crippen LogP contribution is 2.19. The Hall–Kier alpha value is -1.26. The van der Waals surface area contributed by atoms with E-state index in [0.717, 1.165) is 19.5 Å². The number of carbonyl (C=O) groups excluding carboxylic acids is 2. The summed E-state index contributed by atoms with van der Waals surface area (Å²) in [7, 11) is 0. The minimum Gasteiger partial charge on any atom is -0.444 e. The molecule has 1 saturated heterocycles. The summed E-state index contributed by atoms with van der Waals surface area (Å²) in [6.45, 7) is 13.0. The van der Waals surface area contributed by atoms with Gasteiger partial charge in [0.05, 0.1) is 0 Å². The summed E-state index contributed by atoms with van der Waals surface area (Å²) < 4.78 is 5.24. The number of nitrogens with one attached hydrogen (secondary N) is 1. The standard InChI is InChI=1S/C16H30N2O3/c1-12-8-7-9-18(11-12)13(19)10-16(5,6)17-14(20)21-15(2,3)4/h12H,7-11H2,1-6H3,(H,17,20). The quantitative estimate of drug-likeness (QED) is 0.871. The van der Waals surface area contributed by atoms with Crippen LogP contribution < -0.4 is 5.32 Å². The van der Waals surface area contributed by atoms with Gasteiger partial charge < -0.3 is 15.0 Å². The zero-order chi connectivity index (χ0) is 16.3. The summed E-state index contributed by atoms with van der Waals surface area (Å²) in [4.78, 5) is 26.1. The lowest BCUT2D eigenvalue weighted by molar-refractivity contribution is -0.134. The molecule has 5 nitrogen and oxygen atoms in total. The normalized spacial score (nSPS) is 20.1. The van der Waals surface area contributed by atoms with Gasteiger partial charge >= 0.3 is 6.09 Å². The second-order valence-corrected chi connectivity index (χ2v) is 7.77. The van der Waals surface area contributed by atoms with Crippen LogP contribution in [-0.4, -0.2) is 41.1 Å². The molecule has 1 unspecified atom stereocenters. The van der Waals surface area contributed by atoms with Crippen LogP contribution in [0.3, 0.4) is 0 Å². The van der Waals surface area contributed by atoms with Gasteiger partial charge in [-0.15, -0.1) is 0 Å². The smallest absolute Gasteiger partial charge is 0.408 e. The molecule has 1 atom stereocenters. The summed E-state index contributed by atoms with van der Waals surface area (Å²) in [6.07, 6.45) is 2.06. The Balaban J connectivity index is 2.51. The summed E-state index contributed by atoms with van der Waals surface area (Å²) in [5, 5.41) is 2.79. The van der Waals surface area contributed by atoms with Gasteiger partial charge in [-0.2, -0.15) is 0 Å². The Morgan fingerprint density at radius 3 is 2.38 bits per heavy atom. The number of hydrogen-bond donors (Lipinski definition) is 1. The molecule has 0 bridgehead atoms. The van der Waals surface area contributed by atoms with Crippen molar-refractivity contribution in [1.82, 2.24) is 10.2 Å². The lowest BCUT2D eigenvalue weighted by Gasteiger charge is -2.34. The minimum absolute atomic E-state index is 0.0996. The first-order valence-corrected chi connectivity index (χ1v) is 7.77. The van der Waals surface area contributed by atoms with E-state index in [1.165, 1.54) is 6.42 Å². The van der Waals surface area contributed by atoms with E-state index in [2.05, 4.69) is 12.2 Å². The van der Waals surface area contributed by atoms with Gasteiger partial charge in [0, 0.05) is 25.0 Å². The van der Waals surface area contributed by atoms with Crippen LogP contribution in [0.2, 0.25) is 0 Å². The first kappa shape index (κ1) is 17.8. The predicted octanol–water partition coefficient (Wildman–Crippen LogP) is 2.94. The predicted molar refractivity (Wildman–Crippen MR) is 83.0 cm³/mol. The fraction of sp³-hybridized carbons (Fsp3) is 0.875. The monoisotopic (exact) mass is 298 g/mol. The zero-order valence-electron chi connectivity index (χ0n) is 14.3. The average Bonchev–Trinajstić information content (AvgIpc) is 2.24. The van der Waals surface area contributed by atoms with Crippen molar-refractivity contribution >= 4 is 12.0 Å². The third-order valence-corrected chi connectivity index (χ3v) is 3.44. The second-order valence-electron chi connectivity index (χ2n) is 7.77. The molecule has 0 radical (unpaired) electrons. The number of ether oxygens (including phenoxy) is 1. The van der Waals surface area contributed by atoms with Crippen LogP contribution in [0.15, 0.2) is 0 Å². The van der Waals surface area contributed by atoms with Gasteiger partial charge in [-0.25, -0.2) is 4.79 Å². The maximum atomic E-state index is 12.4. The number of alkyl carbamates (subject to hydrolysis) is 1. The minimum atomic E-state index is -0.611. The Morgan fingerprint density at radius 1 is 1.24 bits per heavy atom. The molecule has 0 spiro atoms. The highest BCUT2D eigenvalue weighted by Gasteiger charge is 2.30. The average molecular weight is 298 g/mol. The van der Waals surface area contributed by atoms with E-state index in [0.29, 0.717) is 12.3 Å². The third-order valence-electron chi connectivity index (χ3n) is 3.44. The van der Waals surface area contributed by atoms with E-state index in [1.807, 2.05) is 39.5 Å². The van der Waals surface area contributed by atoms with E-state index < -0.39 is 17.2 Å². The molecule has 0 saturated carbocycles. The number of likely N-dealkylation sites (tertiary alicyclic amines) is 1. The molecule has 2 amide bonds. The topological polar surface area (TPSA) is 58.6 Å². The summed E-state index contributed by atoms with van der Waals surface area (Å²) in [6, 6.07) is 0. The highest BCUT2D eigenvalue weighted by atomic mass is 16.6. The Labute approximate surface area is 128 Å². The van der Waals surface area contributed by atoms with Crippen molar-refractivity contribution in [2.45, 2.75) is 71.9 Å².